The Balaban J connectivity index is 1.98. The molecule has 17 heavy (non-hydrogen) atoms. The van der Waals surface area contributed by atoms with Gasteiger partial charge in [0.15, 0.2) is 0 Å². The van der Waals surface area contributed by atoms with Crippen LogP contribution in [0.3, 0.4) is 0 Å². The first-order valence-electron chi connectivity index (χ1n) is 6.20. The molecule has 1 N–H and O–H groups in total. The maximum Gasteiger partial charge on any atom is 0.223 e. The molecule has 0 aromatic rings. The van der Waals surface area contributed by atoms with Gasteiger partial charge in [0.25, 0.3) is 0 Å². The molecule has 1 saturated carbocycles. The van der Waals surface area contributed by atoms with Crippen LogP contribution in [-0.4, -0.2) is 27.8 Å². The fourth-order valence-electron chi connectivity index (χ4n) is 2.07. The van der Waals surface area contributed by atoms with Crippen molar-refractivity contribution in [2.24, 2.45) is 5.92 Å². The van der Waals surface area contributed by atoms with Gasteiger partial charge in [0.05, 0.1) is 18.0 Å². The average Bonchev–Trinajstić information content (AvgIpc) is 2.34. The second kappa shape index (κ2) is 8.60. The average molecular weight is 262 g/mol. The third kappa shape index (κ3) is 6.75. The van der Waals surface area contributed by atoms with Crippen LogP contribution in [0.1, 0.15) is 44.9 Å². The molecule has 5 nitrogen and oxygen atoms in total. The number of carbonyl (C=O) groups is 1. The van der Waals surface area contributed by atoms with Gasteiger partial charge in [-0.3, -0.25) is 4.79 Å². The van der Waals surface area contributed by atoms with Gasteiger partial charge in [-0.05, 0) is 25.7 Å². The third-order valence-electron chi connectivity index (χ3n) is 3.03. The van der Waals surface area contributed by atoms with Crippen LogP contribution in [0.15, 0.2) is 0 Å². The summed E-state index contributed by atoms with van der Waals surface area (Å²) >= 11 is -2.42. The molecule has 0 aromatic carbocycles. The molecule has 0 bridgehead atoms. The SMILES string of the molecule is O=C(NCCCCOS(=O)[O-])C1CCCCC1. The number of amides is 1. The number of unbranched alkanes of at least 4 members (excludes halogenated alkanes) is 1. The zero-order valence-electron chi connectivity index (χ0n) is 9.98. The molecule has 0 saturated heterocycles. The van der Waals surface area contributed by atoms with Gasteiger partial charge in [-0.25, -0.2) is 4.21 Å². The molecular weight excluding hydrogens is 242 g/mol. The summed E-state index contributed by atoms with van der Waals surface area (Å²) in [6, 6.07) is 0. The van der Waals surface area contributed by atoms with Crippen LogP contribution in [0.2, 0.25) is 0 Å². The van der Waals surface area contributed by atoms with Crippen molar-refractivity contribution < 1.29 is 17.7 Å². The Bertz CT molecular complexity index is 254. The number of rotatable bonds is 7. The lowest BCUT2D eigenvalue weighted by molar-refractivity contribution is -0.125. The Morgan fingerprint density at radius 3 is 2.65 bits per heavy atom. The molecule has 1 unspecified atom stereocenters. The van der Waals surface area contributed by atoms with Crippen LogP contribution >= 0.6 is 0 Å². The van der Waals surface area contributed by atoms with Gasteiger partial charge in [0, 0.05) is 12.5 Å². The largest absolute Gasteiger partial charge is 0.750 e. The van der Waals surface area contributed by atoms with E-state index in [1.54, 1.807) is 0 Å². The Kier molecular flexibility index (Phi) is 7.39. The Hall–Kier alpha value is -0.460. The summed E-state index contributed by atoms with van der Waals surface area (Å²) in [5.74, 6) is 0.340. The first-order chi connectivity index (χ1) is 8.20. The number of hydrogen-bond donors (Lipinski definition) is 1. The van der Waals surface area contributed by atoms with E-state index in [-0.39, 0.29) is 18.4 Å². The van der Waals surface area contributed by atoms with Crippen LogP contribution in [0.25, 0.3) is 0 Å². The van der Waals surface area contributed by atoms with Crippen molar-refractivity contribution in [1.29, 1.82) is 0 Å². The predicted octanol–water partition coefficient (Wildman–Crippen LogP) is 1.27. The maximum absolute atomic E-state index is 11.7. The second-order valence-electron chi connectivity index (χ2n) is 4.36. The number of hydrogen-bond acceptors (Lipinski definition) is 4. The minimum absolute atomic E-state index is 0.151. The molecule has 1 aliphatic rings. The van der Waals surface area contributed by atoms with E-state index < -0.39 is 11.4 Å². The van der Waals surface area contributed by atoms with Gasteiger partial charge in [-0.15, -0.1) is 0 Å². The summed E-state index contributed by atoms with van der Waals surface area (Å²) in [5.41, 5.74) is 0. The van der Waals surface area contributed by atoms with Gasteiger partial charge in [0.2, 0.25) is 5.91 Å². The van der Waals surface area contributed by atoms with Crippen LogP contribution in [0.4, 0.5) is 0 Å². The molecule has 1 atom stereocenters. The van der Waals surface area contributed by atoms with Crippen molar-refractivity contribution in [3.63, 3.8) is 0 Å². The van der Waals surface area contributed by atoms with Gasteiger partial charge < -0.3 is 14.1 Å². The topological polar surface area (TPSA) is 78.5 Å². The van der Waals surface area contributed by atoms with E-state index in [1.807, 2.05) is 0 Å². The summed E-state index contributed by atoms with van der Waals surface area (Å²) in [7, 11) is 0. The van der Waals surface area contributed by atoms with Gasteiger partial charge >= 0.3 is 0 Å². The summed E-state index contributed by atoms with van der Waals surface area (Å²) < 4.78 is 24.5. The second-order valence-corrected chi connectivity index (χ2v) is 5.00. The third-order valence-corrected chi connectivity index (χ3v) is 3.38. The minimum atomic E-state index is -2.42. The van der Waals surface area contributed by atoms with Gasteiger partial charge in [-0.1, -0.05) is 19.3 Å². The van der Waals surface area contributed by atoms with Crippen molar-refractivity contribution in [3.8, 4) is 0 Å². The first kappa shape index (κ1) is 14.6. The van der Waals surface area contributed by atoms with Crippen LogP contribution in [0.5, 0.6) is 0 Å². The van der Waals surface area contributed by atoms with E-state index in [1.165, 1.54) is 6.42 Å². The molecular formula is C11H20NO4S-. The molecule has 0 spiro atoms. The Labute approximate surface area is 105 Å². The fraction of sp³-hybridized carbons (Fsp3) is 0.909. The highest BCUT2D eigenvalue weighted by molar-refractivity contribution is 7.74. The highest BCUT2D eigenvalue weighted by Gasteiger charge is 2.20. The zero-order valence-corrected chi connectivity index (χ0v) is 10.8. The van der Waals surface area contributed by atoms with E-state index in [0.29, 0.717) is 13.0 Å². The van der Waals surface area contributed by atoms with Gasteiger partial charge in [-0.2, -0.15) is 0 Å². The van der Waals surface area contributed by atoms with E-state index in [2.05, 4.69) is 9.50 Å². The normalized spacial score (nSPS) is 18.9. The highest BCUT2D eigenvalue weighted by Crippen LogP contribution is 2.23. The van der Waals surface area contributed by atoms with Crippen molar-refractivity contribution in [1.82, 2.24) is 5.32 Å². The Morgan fingerprint density at radius 2 is 2.00 bits per heavy atom. The first-order valence-corrected chi connectivity index (χ1v) is 7.20. The lowest BCUT2D eigenvalue weighted by Crippen LogP contribution is -2.32. The molecule has 0 aromatic heterocycles. The predicted molar refractivity (Wildman–Crippen MR) is 63.7 cm³/mol. The van der Waals surface area contributed by atoms with E-state index in [9.17, 15) is 13.6 Å². The number of nitrogens with one attached hydrogen (secondary N) is 1. The molecule has 6 heteroatoms. The van der Waals surface area contributed by atoms with Crippen LogP contribution in [-0.2, 0) is 20.3 Å². The molecule has 1 amide bonds. The lowest BCUT2D eigenvalue weighted by atomic mass is 9.89. The van der Waals surface area contributed by atoms with Crippen molar-refractivity contribution in [2.45, 2.75) is 44.9 Å². The maximum atomic E-state index is 11.7. The van der Waals surface area contributed by atoms with Crippen molar-refractivity contribution in [3.05, 3.63) is 0 Å². The fourth-order valence-corrected chi connectivity index (χ4v) is 2.33. The molecule has 0 heterocycles. The van der Waals surface area contributed by atoms with Crippen LogP contribution < -0.4 is 5.32 Å². The molecule has 1 rings (SSSR count). The van der Waals surface area contributed by atoms with E-state index >= 15 is 0 Å². The summed E-state index contributed by atoms with van der Waals surface area (Å²) in [6.45, 7) is 0.791. The zero-order chi connectivity index (χ0) is 12.5. The minimum Gasteiger partial charge on any atom is -0.750 e. The molecule has 0 radical (unpaired) electrons. The molecule has 1 aliphatic carbocycles. The lowest BCUT2D eigenvalue weighted by Gasteiger charge is -2.20. The smallest absolute Gasteiger partial charge is 0.223 e. The Morgan fingerprint density at radius 1 is 1.29 bits per heavy atom. The number of carbonyl (C=O) groups excluding carboxylic acids is 1. The molecule has 100 valence electrons. The summed E-state index contributed by atoms with van der Waals surface area (Å²) in [6.07, 6.45) is 6.94. The quantitative estimate of drug-likeness (QED) is 0.553. The monoisotopic (exact) mass is 262 g/mol. The van der Waals surface area contributed by atoms with Crippen LogP contribution in [0, 0.1) is 5.92 Å². The van der Waals surface area contributed by atoms with Gasteiger partial charge in [0.1, 0.15) is 0 Å². The summed E-state index contributed by atoms with van der Waals surface area (Å²) in [5, 5.41) is 2.89. The van der Waals surface area contributed by atoms with E-state index in [4.69, 9.17) is 0 Å². The highest BCUT2D eigenvalue weighted by atomic mass is 32.2. The summed E-state index contributed by atoms with van der Waals surface area (Å²) in [4.78, 5) is 11.7. The van der Waals surface area contributed by atoms with Crippen molar-refractivity contribution >= 4 is 17.3 Å². The molecule has 0 aliphatic heterocycles. The molecule has 1 fully saturated rings. The standard InChI is InChI=1S/C11H21NO4S/c13-11(10-6-2-1-3-7-10)12-8-4-5-9-16-17(14)15/h10H,1-9H2,(H,12,13)(H,14,15)/p-1. The van der Waals surface area contributed by atoms with E-state index in [0.717, 1.165) is 32.1 Å². The van der Waals surface area contributed by atoms with Crippen molar-refractivity contribution in [2.75, 3.05) is 13.2 Å².